The lowest BCUT2D eigenvalue weighted by molar-refractivity contribution is 0.414. The van der Waals surface area contributed by atoms with Gasteiger partial charge in [-0.3, -0.25) is 0 Å². The summed E-state index contributed by atoms with van der Waals surface area (Å²) in [5.41, 5.74) is 17.3. The summed E-state index contributed by atoms with van der Waals surface area (Å²) in [4.78, 5) is 5.07. The summed E-state index contributed by atoms with van der Waals surface area (Å²) in [5, 5.41) is 4.96. The van der Waals surface area contributed by atoms with Crippen LogP contribution >= 0.6 is 0 Å². The van der Waals surface area contributed by atoms with Gasteiger partial charge < -0.3 is 10.5 Å². The van der Waals surface area contributed by atoms with Crippen LogP contribution in [0.15, 0.2) is 42.5 Å². The lowest BCUT2D eigenvalue weighted by Crippen LogP contribution is -2.10. The highest BCUT2D eigenvalue weighted by Gasteiger charge is 2.29. The summed E-state index contributed by atoms with van der Waals surface area (Å²) in [6.07, 6.45) is 1.85. The zero-order valence-corrected chi connectivity index (χ0v) is 17.9. The molecular formula is C25H26N4O. The van der Waals surface area contributed by atoms with Crippen LogP contribution in [0, 0.1) is 20.8 Å². The fraction of sp³-hybridized carbons (Fsp3) is 0.280. The van der Waals surface area contributed by atoms with Crippen LogP contribution < -0.4 is 10.5 Å². The Morgan fingerprint density at radius 3 is 2.53 bits per heavy atom. The Labute approximate surface area is 176 Å². The predicted molar refractivity (Wildman–Crippen MR) is 120 cm³/mol. The number of fused-ring (bicyclic) bond motifs is 2. The third-order valence-electron chi connectivity index (χ3n) is 6.15. The van der Waals surface area contributed by atoms with E-state index in [4.69, 9.17) is 20.6 Å². The standard InChI is InChI=1S/C25H26N4O/c1-14-5-7-17(8-6-14)24-20-11-12-21(26)23(20)27-25-22(16(3)28-29(24)25)19-10-9-18(30-4)13-15(19)2/h5-10,13,21H,11-12,26H2,1-4H3. The van der Waals surface area contributed by atoms with Crippen LogP contribution in [-0.4, -0.2) is 21.7 Å². The van der Waals surface area contributed by atoms with Crippen molar-refractivity contribution >= 4 is 5.65 Å². The van der Waals surface area contributed by atoms with Gasteiger partial charge in [0.25, 0.3) is 0 Å². The number of aromatic nitrogens is 3. The third-order valence-corrected chi connectivity index (χ3v) is 6.15. The normalized spacial score (nSPS) is 15.6. The molecule has 1 aliphatic rings. The summed E-state index contributed by atoms with van der Waals surface area (Å²) in [6.45, 7) is 6.26. The number of benzene rings is 2. The van der Waals surface area contributed by atoms with E-state index in [2.05, 4.69) is 57.2 Å². The second kappa shape index (κ2) is 6.96. The van der Waals surface area contributed by atoms with Gasteiger partial charge in [0.1, 0.15) is 5.75 Å². The van der Waals surface area contributed by atoms with Gasteiger partial charge >= 0.3 is 0 Å². The minimum absolute atomic E-state index is 0.0331. The van der Waals surface area contributed by atoms with Crippen molar-refractivity contribution in [2.24, 2.45) is 5.73 Å². The number of nitrogens with two attached hydrogens (primary N) is 1. The van der Waals surface area contributed by atoms with Crippen molar-refractivity contribution in [1.82, 2.24) is 14.6 Å². The fourth-order valence-electron chi connectivity index (χ4n) is 4.56. The molecule has 1 unspecified atom stereocenters. The van der Waals surface area contributed by atoms with E-state index in [1.165, 1.54) is 11.1 Å². The summed E-state index contributed by atoms with van der Waals surface area (Å²) in [7, 11) is 1.69. The van der Waals surface area contributed by atoms with Crippen molar-refractivity contribution in [3.63, 3.8) is 0 Å². The molecule has 152 valence electrons. The SMILES string of the molecule is COc1ccc(-c2c(C)nn3c(-c4ccc(C)cc4)c4c(nc23)C(N)CC4)c(C)c1. The highest BCUT2D eigenvalue weighted by atomic mass is 16.5. The first-order valence-corrected chi connectivity index (χ1v) is 10.4. The van der Waals surface area contributed by atoms with Gasteiger partial charge in [0.15, 0.2) is 5.65 Å². The van der Waals surface area contributed by atoms with E-state index in [-0.39, 0.29) is 6.04 Å². The van der Waals surface area contributed by atoms with Gasteiger partial charge in [-0.05, 0) is 56.9 Å². The second-order valence-corrected chi connectivity index (χ2v) is 8.21. The van der Waals surface area contributed by atoms with Gasteiger partial charge in [-0.25, -0.2) is 9.50 Å². The van der Waals surface area contributed by atoms with Crippen LogP contribution in [0.5, 0.6) is 5.75 Å². The van der Waals surface area contributed by atoms with Crippen LogP contribution in [0.3, 0.4) is 0 Å². The van der Waals surface area contributed by atoms with Gasteiger partial charge in [-0.15, -0.1) is 0 Å². The summed E-state index contributed by atoms with van der Waals surface area (Å²) in [5.74, 6) is 0.849. The average molecular weight is 399 g/mol. The van der Waals surface area contributed by atoms with Gasteiger partial charge in [0, 0.05) is 22.7 Å². The van der Waals surface area contributed by atoms with E-state index in [1.54, 1.807) is 7.11 Å². The molecule has 5 rings (SSSR count). The van der Waals surface area contributed by atoms with Crippen LogP contribution in [0.2, 0.25) is 0 Å². The highest BCUT2D eigenvalue weighted by molar-refractivity contribution is 5.84. The Hall–Kier alpha value is -3.18. The smallest absolute Gasteiger partial charge is 0.164 e. The molecule has 0 fully saturated rings. The van der Waals surface area contributed by atoms with E-state index in [0.717, 1.165) is 63.6 Å². The lowest BCUT2D eigenvalue weighted by Gasteiger charge is -2.14. The number of hydrogen-bond acceptors (Lipinski definition) is 4. The molecule has 2 aromatic carbocycles. The van der Waals surface area contributed by atoms with Gasteiger partial charge in [-0.2, -0.15) is 5.10 Å². The maximum Gasteiger partial charge on any atom is 0.164 e. The Morgan fingerprint density at radius 2 is 1.83 bits per heavy atom. The topological polar surface area (TPSA) is 65.4 Å². The van der Waals surface area contributed by atoms with E-state index in [9.17, 15) is 0 Å². The Morgan fingerprint density at radius 1 is 1.07 bits per heavy atom. The summed E-state index contributed by atoms with van der Waals surface area (Å²) < 4.78 is 7.42. The number of hydrogen-bond donors (Lipinski definition) is 1. The highest BCUT2D eigenvalue weighted by Crippen LogP contribution is 2.40. The first-order valence-electron chi connectivity index (χ1n) is 10.4. The molecule has 2 heterocycles. The number of methoxy groups -OCH3 is 1. The number of ether oxygens (including phenoxy) is 1. The Bertz CT molecular complexity index is 1270. The molecule has 0 spiro atoms. The van der Waals surface area contributed by atoms with Crippen molar-refractivity contribution < 1.29 is 4.74 Å². The first kappa shape index (κ1) is 18.8. The number of rotatable bonds is 3. The van der Waals surface area contributed by atoms with Gasteiger partial charge in [0.2, 0.25) is 0 Å². The largest absolute Gasteiger partial charge is 0.497 e. The predicted octanol–water partition coefficient (Wildman–Crippen LogP) is 4.94. The molecule has 0 bridgehead atoms. The van der Waals surface area contributed by atoms with Crippen molar-refractivity contribution in [2.45, 2.75) is 39.7 Å². The van der Waals surface area contributed by atoms with Crippen molar-refractivity contribution in [3.05, 3.63) is 70.5 Å². The van der Waals surface area contributed by atoms with Crippen LogP contribution in [0.25, 0.3) is 28.0 Å². The third kappa shape index (κ3) is 2.81. The summed E-state index contributed by atoms with van der Waals surface area (Å²) in [6, 6.07) is 14.7. The van der Waals surface area contributed by atoms with Crippen LogP contribution in [-0.2, 0) is 6.42 Å². The second-order valence-electron chi connectivity index (χ2n) is 8.21. The van der Waals surface area contributed by atoms with Crippen molar-refractivity contribution in [3.8, 4) is 28.1 Å². The monoisotopic (exact) mass is 398 g/mol. The molecule has 4 aromatic rings. The minimum atomic E-state index is -0.0331. The Kier molecular flexibility index (Phi) is 4.36. The zero-order chi connectivity index (χ0) is 21.0. The van der Waals surface area contributed by atoms with Gasteiger partial charge in [0.05, 0.1) is 24.2 Å². The molecule has 5 heteroatoms. The molecule has 2 N–H and O–H groups in total. The molecule has 2 aromatic heterocycles. The quantitative estimate of drug-likeness (QED) is 0.531. The lowest BCUT2D eigenvalue weighted by atomic mass is 9.99. The van der Waals surface area contributed by atoms with E-state index in [1.807, 2.05) is 10.6 Å². The van der Waals surface area contributed by atoms with E-state index >= 15 is 0 Å². The van der Waals surface area contributed by atoms with Crippen molar-refractivity contribution in [1.29, 1.82) is 0 Å². The Balaban J connectivity index is 1.84. The van der Waals surface area contributed by atoms with Crippen LogP contribution in [0.1, 0.15) is 40.5 Å². The molecule has 30 heavy (non-hydrogen) atoms. The van der Waals surface area contributed by atoms with E-state index in [0.29, 0.717) is 0 Å². The molecule has 1 atom stereocenters. The molecule has 1 aliphatic carbocycles. The maximum absolute atomic E-state index is 6.46. The molecule has 0 saturated carbocycles. The summed E-state index contributed by atoms with van der Waals surface area (Å²) >= 11 is 0. The molecule has 5 nitrogen and oxygen atoms in total. The molecule has 0 amide bonds. The molecule has 0 aliphatic heterocycles. The van der Waals surface area contributed by atoms with Crippen molar-refractivity contribution in [2.75, 3.05) is 7.11 Å². The fourth-order valence-corrected chi connectivity index (χ4v) is 4.56. The number of nitrogens with zero attached hydrogens (tertiary/aromatic N) is 3. The minimum Gasteiger partial charge on any atom is -0.497 e. The maximum atomic E-state index is 6.46. The number of aryl methyl sites for hydroxylation is 3. The van der Waals surface area contributed by atoms with Crippen LogP contribution in [0.4, 0.5) is 0 Å². The molecule has 0 saturated heterocycles. The average Bonchev–Trinajstić information content (AvgIpc) is 3.26. The zero-order valence-electron chi connectivity index (χ0n) is 17.9. The first-order chi connectivity index (χ1) is 14.5. The van der Waals surface area contributed by atoms with Gasteiger partial charge in [-0.1, -0.05) is 35.9 Å². The van der Waals surface area contributed by atoms with E-state index < -0.39 is 0 Å². The molecule has 0 radical (unpaired) electrons. The molecular weight excluding hydrogens is 372 g/mol.